The van der Waals surface area contributed by atoms with Crippen LogP contribution >= 0.6 is 0 Å². The van der Waals surface area contributed by atoms with E-state index >= 15 is 0 Å². The molecule has 0 unspecified atom stereocenters. The molecule has 0 aliphatic carbocycles. The van der Waals surface area contributed by atoms with E-state index in [2.05, 4.69) is 4.98 Å². The summed E-state index contributed by atoms with van der Waals surface area (Å²) in [5.41, 5.74) is 1.76. The molecule has 1 heterocycles. The Kier molecular flexibility index (Phi) is 4.82. The summed E-state index contributed by atoms with van der Waals surface area (Å²) in [6.45, 7) is 2.48. The lowest BCUT2D eigenvalue weighted by Crippen LogP contribution is -2.30. The summed E-state index contributed by atoms with van der Waals surface area (Å²) in [4.78, 5) is 17.9. The van der Waals surface area contributed by atoms with Gasteiger partial charge in [-0.2, -0.15) is 0 Å². The fourth-order valence-corrected chi connectivity index (χ4v) is 2.06. The standard InChI is InChI=1S/C16H17FN2O/c1-2-19(15-8-6-14(17)7-9-15)16(20)10-5-13-4-3-11-18-12-13/h3-4,6-9,11-12H,2,5,10H2,1H3. The molecule has 0 saturated carbocycles. The smallest absolute Gasteiger partial charge is 0.227 e. The first-order chi connectivity index (χ1) is 9.70. The second-order valence-electron chi connectivity index (χ2n) is 4.48. The van der Waals surface area contributed by atoms with Crippen molar-refractivity contribution in [3.05, 3.63) is 60.2 Å². The van der Waals surface area contributed by atoms with Crippen molar-refractivity contribution in [3.8, 4) is 0 Å². The molecule has 1 aromatic carbocycles. The maximum absolute atomic E-state index is 12.9. The van der Waals surface area contributed by atoms with Crippen LogP contribution in [0.2, 0.25) is 0 Å². The number of carbonyl (C=O) groups is 1. The third-order valence-corrected chi connectivity index (χ3v) is 3.11. The SMILES string of the molecule is CCN(C(=O)CCc1cccnc1)c1ccc(F)cc1. The van der Waals surface area contributed by atoms with Gasteiger partial charge in [0.15, 0.2) is 0 Å². The number of halogens is 1. The number of anilines is 1. The molecule has 0 aliphatic heterocycles. The van der Waals surface area contributed by atoms with E-state index in [4.69, 9.17) is 0 Å². The van der Waals surface area contributed by atoms with Gasteiger partial charge in [0.2, 0.25) is 5.91 Å². The minimum absolute atomic E-state index is 0.0305. The van der Waals surface area contributed by atoms with Gasteiger partial charge in [-0.3, -0.25) is 9.78 Å². The average Bonchev–Trinajstić information content (AvgIpc) is 2.49. The van der Waals surface area contributed by atoms with Gasteiger partial charge < -0.3 is 4.90 Å². The zero-order valence-electron chi connectivity index (χ0n) is 11.4. The number of nitrogens with zero attached hydrogens (tertiary/aromatic N) is 2. The Hall–Kier alpha value is -2.23. The summed E-state index contributed by atoms with van der Waals surface area (Å²) < 4.78 is 12.9. The van der Waals surface area contributed by atoms with Gasteiger partial charge in [0.05, 0.1) is 0 Å². The normalized spacial score (nSPS) is 10.3. The van der Waals surface area contributed by atoms with Crippen LogP contribution in [-0.4, -0.2) is 17.4 Å². The third-order valence-electron chi connectivity index (χ3n) is 3.11. The van der Waals surface area contributed by atoms with Crippen molar-refractivity contribution in [3.63, 3.8) is 0 Å². The maximum atomic E-state index is 12.9. The molecular weight excluding hydrogens is 255 g/mol. The molecule has 0 saturated heterocycles. The number of carbonyl (C=O) groups excluding carboxylic acids is 1. The summed E-state index contributed by atoms with van der Waals surface area (Å²) in [5, 5.41) is 0. The van der Waals surface area contributed by atoms with E-state index in [1.165, 1.54) is 12.1 Å². The van der Waals surface area contributed by atoms with E-state index in [-0.39, 0.29) is 11.7 Å². The molecule has 1 amide bonds. The molecule has 0 bridgehead atoms. The zero-order valence-corrected chi connectivity index (χ0v) is 11.4. The average molecular weight is 272 g/mol. The number of hydrogen-bond acceptors (Lipinski definition) is 2. The van der Waals surface area contributed by atoms with Crippen molar-refractivity contribution in [1.82, 2.24) is 4.98 Å². The largest absolute Gasteiger partial charge is 0.313 e. The van der Waals surface area contributed by atoms with Gasteiger partial charge in [-0.05, 0) is 49.2 Å². The van der Waals surface area contributed by atoms with Gasteiger partial charge in [0.25, 0.3) is 0 Å². The number of hydrogen-bond donors (Lipinski definition) is 0. The van der Waals surface area contributed by atoms with Crippen molar-refractivity contribution >= 4 is 11.6 Å². The van der Waals surface area contributed by atoms with Crippen molar-refractivity contribution in [2.75, 3.05) is 11.4 Å². The van der Waals surface area contributed by atoms with Gasteiger partial charge in [0, 0.05) is 31.0 Å². The monoisotopic (exact) mass is 272 g/mol. The van der Waals surface area contributed by atoms with Crippen LogP contribution in [0, 0.1) is 5.82 Å². The summed E-state index contributed by atoms with van der Waals surface area (Å²) in [6, 6.07) is 9.80. The predicted octanol–water partition coefficient (Wildman–Crippen LogP) is 3.21. The van der Waals surface area contributed by atoms with Gasteiger partial charge in [-0.15, -0.1) is 0 Å². The molecule has 2 rings (SSSR count). The highest BCUT2D eigenvalue weighted by Gasteiger charge is 2.13. The van der Waals surface area contributed by atoms with Crippen LogP contribution in [0.1, 0.15) is 18.9 Å². The Morgan fingerprint density at radius 3 is 2.60 bits per heavy atom. The quantitative estimate of drug-likeness (QED) is 0.837. The molecule has 0 fully saturated rings. The second-order valence-corrected chi connectivity index (χ2v) is 4.48. The lowest BCUT2D eigenvalue weighted by atomic mass is 10.1. The highest BCUT2D eigenvalue weighted by Crippen LogP contribution is 2.16. The lowest BCUT2D eigenvalue weighted by molar-refractivity contribution is -0.118. The summed E-state index contributed by atoms with van der Waals surface area (Å²) in [5.74, 6) is -0.268. The topological polar surface area (TPSA) is 33.2 Å². The molecule has 3 nitrogen and oxygen atoms in total. The van der Waals surface area contributed by atoms with E-state index in [0.29, 0.717) is 19.4 Å². The number of amides is 1. The first-order valence-corrected chi connectivity index (χ1v) is 6.65. The van der Waals surface area contributed by atoms with Crippen LogP contribution in [0.25, 0.3) is 0 Å². The van der Waals surface area contributed by atoms with E-state index in [1.807, 2.05) is 19.1 Å². The molecule has 0 atom stereocenters. The third kappa shape index (κ3) is 3.63. The molecule has 0 radical (unpaired) electrons. The number of aryl methyl sites for hydroxylation is 1. The Morgan fingerprint density at radius 1 is 1.25 bits per heavy atom. The number of rotatable bonds is 5. The van der Waals surface area contributed by atoms with Gasteiger partial charge in [-0.1, -0.05) is 6.07 Å². The van der Waals surface area contributed by atoms with E-state index in [0.717, 1.165) is 11.3 Å². The lowest BCUT2D eigenvalue weighted by Gasteiger charge is -2.21. The molecule has 2 aromatic rings. The Labute approximate surface area is 118 Å². The molecule has 4 heteroatoms. The van der Waals surface area contributed by atoms with Gasteiger partial charge in [0.1, 0.15) is 5.82 Å². The minimum Gasteiger partial charge on any atom is -0.313 e. The van der Waals surface area contributed by atoms with E-state index in [1.54, 1.807) is 29.4 Å². The van der Waals surface area contributed by atoms with Crippen LogP contribution in [-0.2, 0) is 11.2 Å². The molecule has 104 valence electrons. The highest BCUT2D eigenvalue weighted by atomic mass is 19.1. The first kappa shape index (κ1) is 14.2. The molecule has 1 aromatic heterocycles. The molecular formula is C16H17FN2O. The fraction of sp³-hybridized carbons (Fsp3) is 0.250. The summed E-state index contributed by atoms with van der Waals surface area (Å²) >= 11 is 0. The Morgan fingerprint density at radius 2 is 2.00 bits per heavy atom. The van der Waals surface area contributed by atoms with E-state index in [9.17, 15) is 9.18 Å². The van der Waals surface area contributed by atoms with Crippen molar-refractivity contribution < 1.29 is 9.18 Å². The number of aromatic nitrogens is 1. The van der Waals surface area contributed by atoms with E-state index < -0.39 is 0 Å². The van der Waals surface area contributed by atoms with Crippen molar-refractivity contribution in [2.24, 2.45) is 0 Å². The van der Waals surface area contributed by atoms with Crippen LogP contribution < -0.4 is 4.90 Å². The van der Waals surface area contributed by atoms with Crippen LogP contribution in [0.5, 0.6) is 0 Å². The summed E-state index contributed by atoms with van der Waals surface area (Å²) in [7, 11) is 0. The number of benzene rings is 1. The Bertz CT molecular complexity index is 554. The van der Waals surface area contributed by atoms with Crippen LogP contribution in [0.15, 0.2) is 48.8 Å². The van der Waals surface area contributed by atoms with Crippen LogP contribution in [0.4, 0.5) is 10.1 Å². The fourth-order valence-electron chi connectivity index (χ4n) is 2.06. The van der Waals surface area contributed by atoms with Crippen LogP contribution in [0.3, 0.4) is 0 Å². The summed E-state index contributed by atoms with van der Waals surface area (Å²) in [6.07, 6.45) is 4.55. The Balaban J connectivity index is 2.00. The molecule has 20 heavy (non-hydrogen) atoms. The number of pyridine rings is 1. The predicted molar refractivity (Wildman–Crippen MR) is 77.0 cm³/mol. The molecule has 0 aliphatic rings. The second kappa shape index (κ2) is 6.80. The van der Waals surface area contributed by atoms with Crippen molar-refractivity contribution in [1.29, 1.82) is 0 Å². The highest BCUT2D eigenvalue weighted by molar-refractivity contribution is 5.93. The molecule has 0 N–H and O–H groups in total. The van der Waals surface area contributed by atoms with Gasteiger partial charge in [-0.25, -0.2) is 4.39 Å². The minimum atomic E-state index is -0.299. The maximum Gasteiger partial charge on any atom is 0.227 e. The van der Waals surface area contributed by atoms with Gasteiger partial charge >= 0.3 is 0 Å². The zero-order chi connectivity index (χ0) is 14.4. The first-order valence-electron chi connectivity index (χ1n) is 6.65. The van der Waals surface area contributed by atoms with Crippen molar-refractivity contribution in [2.45, 2.75) is 19.8 Å². The molecule has 0 spiro atoms.